The average molecular weight is 352 g/mol. The van der Waals surface area contributed by atoms with Gasteiger partial charge in [-0.3, -0.25) is 0 Å². The number of carbonyl (C=O) groups excluding carboxylic acids is 1. The molecule has 1 aromatic heterocycles. The lowest BCUT2D eigenvalue weighted by molar-refractivity contribution is -0.139. The molecule has 0 amide bonds. The molecule has 0 spiro atoms. The van der Waals surface area contributed by atoms with Crippen molar-refractivity contribution in [1.82, 2.24) is 0 Å². The van der Waals surface area contributed by atoms with Crippen molar-refractivity contribution < 1.29 is 14.3 Å². The van der Waals surface area contributed by atoms with Crippen molar-refractivity contribution in [1.29, 1.82) is 0 Å². The summed E-state index contributed by atoms with van der Waals surface area (Å²) < 4.78 is 12.1. The molecule has 2 aromatic carbocycles. The molecule has 0 saturated carbocycles. The summed E-state index contributed by atoms with van der Waals surface area (Å²) in [6, 6.07) is 18.7. The van der Waals surface area contributed by atoms with Crippen LogP contribution in [0.15, 0.2) is 67.3 Å². The average Bonchev–Trinajstić information content (AvgIpc) is 3.08. The number of rotatable bonds is 7. The summed E-state index contributed by atoms with van der Waals surface area (Å²) in [4.78, 5) is 12.3. The first-order valence-electron chi connectivity index (χ1n) is 8.16. The summed E-state index contributed by atoms with van der Waals surface area (Å²) in [6.45, 7) is 6.18. The van der Waals surface area contributed by atoms with E-state index in [-0.39, 0.29) is 5.92 Å². The lowest BCUT2D eigenvalue weighted by Crippen LogP contribution is -2.16. The van der Waals surface area contributed by atoms with Crippen LogP contribution in [-0.2, 0) is 9.53 Å². The monoisotopic (exact) mass is 352 g/mol. The predicted octanol–water partition coefficient (Wildman–Crippen LogP) is 5.31. The number of esters is 1. The van der Waals surface area contributed by atoms with Crippen molar-refractivity contribution in [3.05, 3.63) is 67.3 Å². The van der Waals surface area contributed by atoms with Crippen LogP contribution in [-0.4, -0.2) is 19.2 Å². The van der Waals surface area contributed by atoms with E-state index in [1.807, 2.05) is 19.1 Å². The maximum atomic E-state index is 11.1. The molecular formula is C21H20O3S. The number of benzene rings is 2. The van der Waals surface area contributed by atoms with Crippen LogP contribution in [0.1, 0.15) is 6.92 Å². The molecular weight excluding hydrogens is 332 g/mol. The molecule has 3 nitrogen and oxygen atoms in total. The van der Waals surface area contributed by atoms with Crippen molar-refractivity contribution in [2.75, 3.05) is 13.2 Å². The van der Waals surface area contributed by atoms with Crippen molar-refractivity contribution in [2.24, 2.45) is 5.92 Å². The van der Waals surface area contributed by atoms with E-state index in [1.54, 1.807) is 11.3 Å². The molecule has 25 heavy (non-hydrogen) atoms. The van der Waals surface area contributed by atoms with Gasteiger partial charge in [-0.15, -0.1) is 11.3 Å². The molecule has 1 atom stereocenters. The Morgan fingerprint density at radius 1 is 1.16 bits per heavy atom. The normalized spacial score (nSPS) is 11.9. The summed E-state index contributed by atoms with van der Waals surface area (Å²) in [6.07, 6.45) is 1.17. The number of ether oxygens (including phenoxy) is 2. The number of hydrogen-bond donors (Lipinski definition) is 0. The molecule has 0 fully saturated rings. The largest absolute Gasteiger partial charge is 0.493 e. The molecule has 0 aliphatic carbocycles. The Labute approximate surface area is 151 Å². The van der Waals surface area contributed by atoms with Gasteiger partial charge in [-0.2, -0.15) is 0 Å². The summed E-state index contributed by atoms with van der Waals surface area (Å²) in [5, 5.41) is 1.21. The van der Waals surface area contributed by atoms with Gasteiger partial charge in [0.05, 0.1) is 13.2 Å². The standard InChI is InChI=1S/C21H20O3S/c1-3-21(22)24-14-15(2)13-23-18-10-9-17-11-19(25-20(17)12-18)16-7-5-4-6-8-16/h3-12,15H,1,13-14H2,2H3. The highest BCUT2D eigenvalue weighted by molar-refractivity contribution is 7.22. The third-order valence-electron chi connectivity index (χ3n) is 3.76. The lowest BCUT2D eigenvalue weighted by Gasteiger charge is -2.12. The Morgan fingerprint density at radius 2 is 1.96 bits per heavy atom. The second kappa shape index (κ2) is 7.99. The topological polar surface area (TPSA) is 35.5 Å². The van der Waals surface area contributed by atoms with E-state index in [0.717, 1.165) is 5.75 Å². The third kappa shape index (κ3) is 4.48. The molecule has 128 valence electrons. The van der Waals surface area contributed by atoms with Crippen LogP contribution in [0.3, 0.4) is 0 Å². The number of carbonyl (C=O) groups is 1. The van der Waals surface area contributed by atoms with Crippen LogP contribution in [0, 0.1) is 5.92 Å². The van der Waals surface area contributed by atoms with Crippen LogP contribution < -0.4 is 4.74 Å². The Hall–Kier alpha value is -2.59. The first-order chi connectivity index (χ1) is 12.2. The SMILES string of the molecule is C=CC(=O)OCC(C)COc1ccc2cc(-c3ccccc3)sc2c1. The Kier molecular flexibility index (Phi) is 5.51. The van der Waals surface area contributed by atoms with Crippen LogP contribution in [0.25, 0.3) is 20.5 Å². The molecule has 0 aliphatic rings. The molecule has 1 unspecified atom stereocenters. The summed E-state index contributed by atoms with van der Waals surface area (Å²) in [5.74, 6) is 0.541. The van der Waals surface area contributed by atoms with Crippen LogP contribution in [0.4, 0.5) is 0 Å². The smallest absolute Gasteiger partial charge is 0.330 e. The van der Waals surface area contributed by atoms with Crippen LogP contribution in [0.2, 0.25) is 0 Å². The Morgan fingerprint density at radius 3 is 2.72 bits per heavy atom. The van der Waals surface area contributed by atoms with Gasteiger partial charge in [-0.1, -0.05) is 43.8 Å². The van der Waals surface area contributed by atoms with Crippen molar-refractivity contribution in [2.45, 2.75) is 6.92 Å². The quantitative estimate of drug-likeness (QED) is 0.427. The first-order valence-corrected chi connectivity index (χ1v) is 8.98. The molecule has 0 bridgehead atoms. The second-order valence-electron chi connectivity index (χ2n) is 5.93. The van der Waals surface area contributed by atoms with E-state index < -0.39 is 5.97 Å². The van der Waals surface area contributed by atoms with Crippen LogP contribution >= 0.6 is 11.3 Å². The van der Waals surface area contributed by atoms with Crippen molar-refractivity contribution in [3.8, 4) is 16.2 Å². The number of hydrogen-bond acceptors (Lipinski definition) is 4. The van der Waals surface area contributed by atoms with E-state index in [4.69, 9.17) is 9.47 Å². The molecule has 0 N–H and O–H groups in total. The first kappa shape index (κ1) is 17.2. The van der Waals surface area contributed by atoms with Gasteiger partial charge in [-0.25, -0.2) is 4.79 Å². The fraction of sp³-hybridized carbons (Fsp3) is 0.190. The molecule has 3 rings (SSSR count). The van der Waals surface area contributed by atoms with Gasteiger partial charge in [0.1, 0.15) is 5.75 Å². The van der Waals surface area contributed by atoms with E-state index in [0.29, 0.717) is 13.2 Å². The molecule has 0 saturated heterocycles. The van der Waals surface area contributed by atoms with Crippen LogP contribution in [0.5, 0.6) is 5.75 Å². The van der Waals surface area contributed by atoms with Gasteiger partial charge in [-0.05, 0) is 35.2 Å². The van der Waals surface area contributed by atoms with Crippen molar-refractivity contribution in [3.63, 3.8) is 0 Å². The maximum Gasteiger partial charge on any atom is 0.330 e. The van der Waals surface area contributed by atoms with Gasteiger partial charge < -0.3 is 9.47 Å². The third-order valence-corrected chi connectivity index (χ3v) is 4.91. The minimum absolute atomic E-state index is 0.114. The fourth-order valence-electron chi connectivity index (χ4n) is 2.42. The van der Waals surface area contributed by atoms with E-state index in [9.17, 15) is 4.79 Å². The maximum absolute atomic E-state index is 11.1. The molecule has 1 heterocycles. The van der Waals surface area contributed by atoms with Gasteiger partial charge in [0.15, 0.2) is 0 Å². The highest BCUT2D eigenvalue weighted by Crippen LogP contribution is 2.35. The number of thiophene rings is 1. The highest BCUT2D eigenvalue weighted by Gasteiger charge is 2.08. The zero-order valence-electron chi connectivity index (χ0n) is 14.1. The fourth-order valence-corrected chi connectivity index (χ4v) is 3.51. The molecule has 0 radical (unpaired) electrons. The predicted molar refractivity (Wildman–Crippen MR) is 103 cm³/mol. The minimum atomic E-state index is -0.403. The summed E-state index contributed by atoms with van der Waals surface area (Å²) >= 11 is 1.76. The summed E-state index contributed by atoms with van der Waals surface area (Å²) in [7, 11) is 0. The molecule has 3 aromatic rings. The zero-order valence-corrected chi connectivity index (χ0v) is 14.9. The minimum Gasteiger partial charge on any atom is -0.493 e. The zero-order chi connectivity index (χ0) is 17.6. The van der Waals surface area contributed by atoms with E-state index in [2.05, 4.69) is 49.0 Å². The van der Waals surface area contributed by atoms with E-state index in [1.165, 1.54) is 26.6 Å². The van der Waals surface area contributed by atoms with Gasteiger partial charge in [0.2, 0.25) is 0 Å². The van der Waals surface area contributed by atoms with E-state index >= 15 is 0 Å². The Balaban J connectivity index is 1.65. The van der Waals surface area contributed by atoms with Gasteiger partial charge in [0.25, 0.3) is 0 Å². The van der Waals surface area contributed by atoms with Crippen molar-refractivity contribution >= 4 is 27.4 Å². The van der Waals surface area contributed by atoms with Gasteiger partial charge >= 0.3 is 5.97 Å². The lowest BCUT2D eigenvalue weighted by atomic mass is 10.1. The number of fused-ring (bicyclic) bond motifs is 1. The highest BCUT2D eigenvalue weighted by atomic mass is 32.1. The summed E-state index contributed by atoms with van der Waals surface area (Å²) in [5.41, 5.74) is 1.23. The van der Waals surface area contributed by atoms with Gasteiger partial charge in [0, 0.05) is 21.6 Å². The Bertz CT molecular complexity index is 867. The molecule has 0 aliphatic heterocycles. The second-order valence-corrected chi connectivity index (χ2v) is 7.01. The molecule has 4 heteroatoms.